The van der Waals surface area contributed by atoms with Crippen LogP contribution in [0, 0.1) is 5.92 Å². The van der Waals surface area contributed by atoms with Crippen molar-refractivity contribution < 1.29 is 9.53 Å². The molecule has 0 bridgehead atoms. The molecule has 1 rings (SSSR count). The van der Waals surface area contributed by atoms with E-state index in [1.54, 1.807) is 31.4 Å². The van der Waals surface area contributed by atoms with E-state index in [9.17, 15) is 4.79 Å². The van der Waals surface area contributed by atoms with E-state index in [1.807, 2.05) is 6.92 Å². The van der Waals surface area contributed by atoms with Gasteiger partial charge in [0.05, 0.1) is 12.1 Å². The number of nitrogens with two attached hydrogens (primary N) is 1. The van der Waals surface area contributed by atoms with Crippen molar-refractivity contribution in [1.29, 1.82) is 0 Å². The van der Waals surface area contributed by atoms with E-state index in [-0.39, 0.29) is 11.8 Å². The zero-order chi connectivity index (χ0) is 12.8. The van der Waals surface area contributed by atoms with Gasteiger partial charge in [-0.2, -0.15) is 0 Å². The van der Waals surface area contributed by atoms with Gasteiger partial charge in [0, 0.05) is 18.0 Å². The number of thiocarbonyl (C=S) groups is 1. The van der Waals surface area contributed by atoms with E-state index in [1.165, 1.54) is 0 Å². The first kappa shape index (κ1) is 13.4. The van der Waals surface area contributed by atoms with Gasteiger partial charge in [-0.1, -0.05) is 19.1 Å². The molecule has 4 nitrogen and oxygen atoms in total. The number of anilines is 1. The molecule has 0 aliphatic heterocycles. The summed E-state index contributed by atoms with van der Waals surface area (Å²) in [5, 5.41) is 2.77. The minimum absolute atomic E-state index is 0.0942. The Labute approximate surface area is 106 Å². The first-order chi connectivity index (χ1) is 8.02. The summed E-state index contributed by atoms with van der Waals surface area (Å²) in [4.78, 5) is 12.0. The van der Waals surface area contributed by atoms with Crippen LogP contribution in [0.2, 0.25) is 0 Å². The van der Waals surface area contributed by atoms with E-state index in [0.717, 1.165) is 11.4 Å². The van der Waals surface area contributed by atoms with Crippen molar-refractivity contribution in [2.75, 3.05) is 12.4 Å². The van der Waals surface area contributed by atoms with Gasteiger partial charge in [-0.25, -0.2) is 0 Å². The lowest BCUT2D eigenvalue weighted by Crippen LogP contribution is -2.24. The van der Waals surface area contributed by atoms with E-state index >= 15 is 0 Å². The second-order valence-electron chi connectivity index (χ2n) is 3.78. The number of methoxy groups -OCH3 is 1. The fourth-order valence-corrected chi connectivity index (χ4v) is 1.35. The molecule has 92 valence electrons. The molecule has 1 aromatic carbocycles. The van der Waals surface area contributed by atoms with Crippen LogP contribution >= 0.6 is 12.2 Å². The smallest absolute Gasteiger partial charge is 0.225 e. The molecule has 0 heterocycles. The molecule has 0 saturated carbocycles. The van der Waals surface area contributed by atoms with Gasteiger partial charge in [-0.15, -0.1) is 0 Å². The minimum Gasteiger partial charge on any atom is -0.497 e. The molecular formula is C12H16N2O2S. The lowest BCUT2D eigenvalue weighted by molar-refractivity contribution is -0.116. The van der Waals surface area contributed by atoms with Crippen LogP contribution in [0.25, 0.3) is 0 Å². The summed E-state index contributed by atoms with van der Waals surface area (Å²) in [6, 6.07) is 7.13. The van der Waals surface area contributed by atoms with E-state index in [0.29, 0.717) is 11.4 Å². The van der Waals surface area contributed by atoms with Crippen molar-refractivity contribution in [3.63, 3.8) is 0 Å². The summed E-state index contributed by atoms with van der Waals surface area (Å²) in [7, 11) is 1.59. The predicted molar refractivity (Wildman–Crippen MR) is 72.2 cm³/mol. The summed E-state index contributed by atoms with van der Waals surface area (Å²) in [5.41, 5.74) is 6.18. The molecule has 0 aliphatic rings. The number of nitrogens with one attached hydrogen (secondary N) is 1. The maximum absolute atomic E-state index is 11.6. The van der Waals surface area contributed by atoms with Crippen molar-refractivity contribution in [1.82, 2.24) is 0 Å². The third-order valence-corrected chi connectivity index (χ3v) is 2.75. The molecule has 1 atom stereocenters. The van der Waals surface area contributed by atoms with Crippen molar-refractivity contribution in [3.8, 4) is 5.75 Å². The van der Waals surface area contributed by atoms with Gasteiger partial charge in [0.2, 0.25) is 5.91 Å². The van der Waals surface area contributed by atoms with Gasteiger partial charge in [-0.3, -0.25) is 4.79 Å². The van der Waals surface area contributed by atoms with Crippen LogP contribution in [-0.4, -0.2) is 18.0 Å². The maximum Gasteiger partial charge on any atom is 0.225 e. The van der Waals surface area contributed by atoms with E-state index in [2.05, 4.69) is 5.32 Å². The molecule has 0 radical (unpaired) electrons. The SMILES string of the molecule is COc1ccc(NC(=O)CC(C)C(N)=S)cc1. The molecule has 0 aliphatic carbocycles. The second-order valence-corrected chi connectivity index (χ2v) is 4.26. The largest absolute Gasteiger partial charge is 0.497 e. The highest BCUT2D eigenvalue weighted by atomic mass is 32.1. The van der Waals surface area contributed by atoms with Crippen LogP contribution in [0.15, 0.2) is 24.3 Å². The Morgan fingerprint density at radius 1 is 1.47 bits per heavy atom. The summed E-state index contributed by atoms with van der Waals surface area (Å²) in [6.45, 7) is 1.83. The number of hydrogen-bond acceptors (Lipinski definition) is 3. The zero-order valence-corrected chi connectivity index (χ0v) is 10.7. The Balaban J connectivity index is 2.53. The molecule has 5 heteroatoms. The minimum atomic E-state index is -0.101. The highest BCUT2D eigenvalue weighted by molar-refractivity contribution is 7.80. The topological polar surface area (TPSA) is 64.3 Å². The third kappa shape index (κ3) is 4.40. The lowest BCUT2D eigenvalue weighted by Gasteiger charge is -2.10. The predicted octanol–water partition coefficient (Wildman–Crippen LogP) is 1.95. The Morgan fingerprint density at radius 3 is 2.53 bits per heavy atom. The van der Waals surface area contributed by atoms with Crippen LogP contribution in [-0.2, 0) is 4.79 Å². The first-order valence-corrected chi connectivity index (χ1v) is 5.67. The standard InChI is InChI=1S/C12H16N2O2S/c1-8(12(13)17)7-11(15)14-9-3-5-10(16-2)6-4-9/h3-6,8H,7H2,1-2H3,(H2,13,17)(H,14,15). The first-order valence-electron chi connectivity index (χ1n) is 5.26. The monoisotopic (exact) mass is 252 g/mol. The third-order valence-electron chi connectivity index (χ3n) is 2.35. The van der Waals surface area contributed by atoms with E-state index in [4.69, 9.17) is 22.7 Å². The number of carbonyl (C=O) groups excluding carboxylic acids is 1. The molecule has 0 spiro atoms. The highest BCUT2D eigenvalue weighted by Crippen LogP contribution is 2.15. The fraction of sp³-hybridized carbons (Fsp3) is 0.333. The second kappa shape index (κ2) is 6.20. The molecule has 0 saturated heterocycles. The molecule has 1 aromatic rings. The number of hydrogen-bond donors (Lipinski definition) is 2. The Bertz CT molecular complexity index is 403. The van der Waals surface area contributed by atoms with Crippen LogP contribution in [0.3, 0.4) is 0 Å². The lowest BCUT2D eigenvalue weighted by atomic mass is 10.1. The number of amides is 1. The summed E-state index contributed by atoms with van der Waals surface area (Å²) < 4.78 is 5.02. The Hall–Kier alpha value is -1.62. The number of carbonyl (C=O) groups is 1. The van der Waals surface area contributed by atoms with Crippen molar-refractivity contribution in [3.05, 3.63) is 24.3 Å². The van der Waals surface area contributed by atoms with Gasteiger partial charge < -0.3 is 15.8 Å². The van der Waals surface area contributed by atoms with Gasteiger partial charge in [0.25, 0.3) is 0 Å². The summed E-state index contributed by atoms with van der Waals surface area (Å²) >= 11 is 4.82. The van der Waals surface area contributed by atoms with Gasteiger partial charge in [0.1, 0.15) is 5.75 Å². The maximum atomic E-state index is 11.6. The summed E-state index contributed by atoms with van der Waals surface area (Å²) in [5.74, 6) is 0.554. The molecule has 1 unspecified atom stereocenters. The van der Waals surface area contributed by atoms with Gasteiger partial charge in [0.15, 0.2) is 0 Å². The van der Waals surface area contributed by atoms with Crippen molar-refractivity contribution in [2.45, 2.75) is 13.3 Å². The van der Waals surface area contributed by atoms with Crippen molar-refractivity contribution in [2.24, 2.45) is 11.7 Å². The Kier molecular flexibility index (Phi) is 4.90. The molecule has 0 fully saturated rings. The molecule has 0 aromatic heterocycles. The van der Waals surface area contributed by atoms with Crippen LogP contribution in [0.1, 0.15) is 13.3 Å². The molecule has 1 amide bonds. The van der Waals surface area contributed by atoms with Gasteiger partial charge >= 0.3 is 0 Å². The fourth-order valence-electron chi connectivity index (χ4n) is 1.27. The number of rotatable bonds is 5. The molecular weight excluding hydrogens is 236 g/mol. The van der Waals surface area contributed by atoms with Crippen molar-refractivity contribution >= 4 is 28.8 Å². The van der Waals surface area contributed by atoms with Gasteiger partial charge in [-0.05, 0) is 24.3 Å². The van der Waals surface area contributed by atoms with Crippen LogP contribution < -0.4 is 15.8 Å². The number of benzene rings is 1. The molecule has 3 N–H and O–H groups in total. The van der Waals surface area contributed by atoms with E-state index < -0.39 is 0 Å². The summed E-state index contributed by atoms with van der Waals surface area (Å²) in [6.07, 6.45) is 0.293. The Morgan fingerprint density at radius 2 is 2.06 bits per heavy atom. The normalized spacial score (nSPS) is 11.6. The highest BCUT2D eigenvalue weighted by Gasteiger charge is 2.11. The zero-order valence-electron chi connectivity index (χ0n) is 9.90. The quantitative estimate of drug-likeness (QED) is 0.786. The number of ether oxygens (including phenoxy) is 1. The average Bonchev–Trinajstić information content (AvgIpc) is 2.29. The van der Waals surface area contributed by atoms with Crippen LogP contribution in [0.5, 0.6) is 5.75 Å². The average molecular weight is 252 g/mol. The van der Waals surface area contributed by atoms with Crippen LogP contribution in [0.4, 0.5) is 5.69 Å². The molecule has 17 heavy (non-hydrogen) atoms.